The molecule has 0 aliphatic rings. The Kier molecular flexibility index (Phi) is 5.23. The van der Waals surface area contributed by atoms with Crippen molar-refractivity contribution in [2.24, 2.45) is 5.92 Å². The van der Waals surface area contributed by atoms with Crippen molar-refractivity contribution >= 4 is 0 Å². The predicted molar refractivity (Wildman–Crippen MR) is 65.1 cm³/mol. The van der Waals surface area contributed by atoms with Crippen LogP contribution in [0.25, 0.3) is 0 Å². The van der Waals surface area contributed by atoms with E-state index in [2.05, 4.69) is 39.3 Å². The minimum Gasteiger partial charge on any atom is -0.493 e. The molecule has 1 nitrogen and oxygen atoms in total. The maximum Gasteiger partial charge on any atom is 0.122 e. The zero-order valence-corrected chi connectivity index (χ0v) is 9.99. The quantitative estimate of drug-likeness (QED) is 0.680. The molecule has 0 aliphatic carbocycles. The highest BCUT2D eigenvalue weighted by Gasteiger charge is 2.02. The molecule has 0 saturated carbocycles. The van der Waals surface area contributed by atoms with Crippen LogP contribution < -0.4 is 4.74 Å². The van der Waals surface area contributed by atoms with E-state index in [9.17, 15) is 0 Å². The fourth-order valence-corrected chi connectivity index (χ4v) is 1.41. The first-order valence-corrected chi connectivity index (χ1v) is 5.79. The zero-order valence-electron chi connectivity index (χ0n) is 9.99. The van der Waals surface area contributed by atoms with Gasteiger partial charge in [0.05, 0.1) is 6.61 Å². The van der Waals surface area contributed by atoms with Gasteiger partial charge in [-0.25, -0.2) is 0 Å². The van der Waals surface area contributed by atoms with Crippen molar-refractivity contribution in [3.05, 3.63) is 36.2 Å². The smallest absolute Gasteiger partial charge is 0.122 e. The van der Waals surface area contributed by atoms with E-state index in [-0.39, 0.29) is 0 Å². The second kappa shape index (κ2) is 6.49. The third-order valence-electron chi connectivity index (χ3n) is 2.30. The van der Waals surface area contributed by atoms with Crippen LogP contribution in [0.15, 0.2) is 24.3 Å². The lowest BCUT2D eigenvalue weighted by atomic mass is 10.1. The van der Waals surface area contributed by atoms with Gasteiger partial charge in [-0.1, -0.05) is 39.0 Å². The van der Waals surface area contributed by atoms with E-state index in [1.54, 1.807) is 0 Å². The lowest BCUT2D eigenvalue weighted by Gasteiger charge is -2.11. The summed E-state index contributed by atoms with van der Waals surface area (Å²) < 4.78 is 5.77. The van der Waals surface area contributed by atoms with Crippen LogP contribution in [0.4, 0.5) is 0 Å². The highest BCUT2D eigenvalue weighted by Crippen LogP contribution is 2.21. The molecule has 0 unspecified atom stereocenters. The Balaban J connectivity index is 2.51. The topological polar surface area (TPSA) is 9.23 Å². The molecule has 1 aromatic rings. The first kappa shape index (κ1) is 12.1. The summed E-state index contributed by atoms with van der Waals surface area (Å²) in [5, 5.41) is 0. The molecule has 1 rings (SSSR count). The summed E-state index contributed by atoms with van der Waals surface area (Å²) in [6.07, 6.45) is 4.36. The minimum atomic E-state index is 0.701. The molecule has 0 fully saturated rings. The van der Waals surface area contributed by atoms with Crippen LogP contribution in [-0.2, 0) is 0 Å². The number of hydrogen-bond acceptors (Lipinski definition) is 1. The Morgan fingerprint density at radius 3 is 2.67 bits per heavy atom. The van der Waals surface area contributed by atoms with Crippen LogP contribution in [0, 0.1) is 12.3 Å². The van der Waals surface area contributed by atoms with Crippen LogP contribution in [-0.4, -0.2) is 6.61 Å². The number of ether oxygens (including phenoxy) is 1. The normalized spacial score (nSPS) is 10.7. The summed E-state index contributed by atoms with van der Waals surface area (Å²) in [5.41, 5.74) is 1.21. The van der Waals surface area contributed by atoms with Gasteiger partial charge in [0.1, 0.15) is 5.75 Å². The molecule has 0 N–H and O–H groups in total. The molecule has 15 heavy (non-hydrogen) atoms. The average molecular weight is 205 g/mol. The molecule has 0 aromatic heterocycles. The largest absolute Gasteiger partial charge is 0.493 e. The van der Waals surface area contributed by atoms with Gasteiger partial charge in [-0.05, 0) is 36.8 Å². The highest BCUT2D eigenvalue weighted by molar-refractivity contribution is 5.38. The van der Waals surface area contributed by atoms with Gasteiger partial charge in [0, 0.05) is 0 Å². The van der Waals surface area contributed by atoms with Gasteiger partial charge in [-0.3, -0.25) is 0 Å². The number of rotatable bonds is 6. The summed E-state index contributed by atoms with van der Waals surface area (Å²) in [5.74, 6) is 1.72. The summed E-state index contributed by atoms with van der Waals surface area (Å²) >= 11 is 0. The first-order valence-electron chi connectivity index (χ1n) is 5.79. The van der Waals surface area contributed by atoms with Crippen LogP contribution in [0.3, 0.4) is 0 Å². The molecule has 0 saturated heterocycles. The Morgan fingerprint density at radius 2 is 2.00 bits per heavy atom. The second-order valence-corrected chi connectivity index (χ2v) is 4.18. The lowest BCUT2D eigenvalue weighted by molar-refractivity contribution is 0.288. The van der Waals surface area contributed by atoms with E-state index in [1.807, 2.05) is 12.1 Å². The monoisotopic (exact) mass is 205 g/mol. The van der Waals surface area contributed by atoms with Crippen molar-refractivity contribution in [2.45, 2.75) is 33.6 Å². The fourth-order valence-electron chi connectivity index (χ4n) is 1.41. The molecule has 0 aliphatic heterocycles. The van der Waals surface area contributed by atoms with Crippen molar-refractivity contribution in [3.63, 3.8) is 0 Å². The molecule has 1 aromatic carbocycles. The molecule has 83 valence electrons. The number of para-hydroxylation sites is 1. The van der Waals surface area contributed by atoms with Crippen LogP contribution >= 0.6 is 0 Å². The number of hydrogen-bond donors (Lipinski definition) is 0. The van der Waals surface area contributed by atoms with Crippen molar-refractivity contribution in [1.29, 1.82) is 0 Å². The van der Waals surface area contributed by atoms with Gasteiger partial charge < -0.3 is 4.74 Å². The van der Waals surface area contributed by atoms with Gasteiger partial charge in [0.25, 0.3) is 0 Å². The highest BCUT2D eigenvalue weighted by atomic mass is 16.5. The van der Waals surface area contributed by atoms with Gasteiger partial charge in [0.2, 0.25) is 0 Å². The summed E-state index contributed by atoms with van der Waals surface area (Å²) in [6.45, 7) is 7.39. The van der Waals surface area contributed by atoms with E-state index < -0.39 is 0 Å². The molecular weight excluding hydrogens is 184 g/mol. The van der Waals surface area contributed by atoms with Gasteiger partial charge in [-0.2, -0.15) is 0 Å². The Morgan fingerprint density at radius 1 is 1.27 bits per heavy atom. The van der Waals surface area contributed by atoms with Gasteiger partial charge >= 0.3 is 0 Å². The van der Waals surface area contributed by atoms with E-state index >= 15 is 0 Å². The minimum absolute atomic E-state index is 0.701. The molecule has 0 spiro atoms. The fraction of sp³-hybridized carbons (Fsp3) is 0.500. The van der Waals surface area contributed by atoms with Gasteiger partial charge in [0.15, 0.2) is 0 Å². The second-order valence-electron chi connectivity index (χ2n) is 4.18. The van der Waals surface area contributed by atoms with E-state index in [0.29, 0.717) is 5.92 Å². The van der Waals surface area contributed by atoms with Crippen molar-refractivity contribution < 1.29 is 4.74 Å². The predicted octanol–water partition coefficient (Wildman–Crippen LogP) is 4.07. The molecule has 1 heteroatoms. The Labute approximate surface area is 93.5 Å². The van der Waals surface area contributed by atoms with Crippen molar-refractivity contribution in [3.8, 4) is 5.75 Å². The maximum atomic E-state index is 5.77. The molecular formula is C14H21O. The standard InChI is InChI=1S/C14H21O/c1-4-7-13-8-5-6-9-14(13)15-11-10-12(2)3/h5-9,12H,4,10-11H2,1-3H3. The van der Waals surface area contributed by atoms with E-state index in [4.69, 9.17) is 4.74 Å². The molecule has 0 amide bonds. The average Bonchev–Trinajstić information content (AvgIpc) is 2.20. The molecule has 0 bridgehead atoms. The third kappa shape index (κ3) is 4.37. The molecule has 0 atom stereocenters. The van der Waals surface area contributed by atoms with E-state index in [0.717, 1.165) is 25.2 Å². The van der Waals surface area contributed by atoms with Crippen molar-refractivity contribution in [1.82, 2.24) is 0 Å². The first-order chi connectivity index (χ1) is 7.24. The number of benzene rings is 1. The van der Waals surface area contributed by atoms with Gasteiger partial charge in [-0.15, -0.1) is 0 Å². The zero-order chi connectivity index (χ0) is 11.1. The summed E-state index contributed by atoms with van der Waals surface area (Å²) in [7, 11) is 0. The van der Waals surface area contributed by atoms with E-state index in [1.165, 1.54) is 5.56 Å². The summed E-state index contributed by atoms with van der Waals surface area (Å²) in [4.78, 5) is 0. The van der Waals surface area contributed by atoms with Crippen LogP contribution in [0.1, 0.15) is 39.2 Å². The maximum absolute atomic E-state index is 5.77. The SMILES string of the molecule is CC[CH]c1ccccc1OCCC(C)C. The summed E-state index contributed by atoms with van der Waals surface area (Å²) in [6, 6.07) is 8.23. The van der Waals surface area contributed by atoms with Crippen LogP contribution in [0.2, 0.25) is 0 Å². The molecule has 1 radical (unpaired) electrons. The lowest BCUT2D eigenvalue weighted by Crippen LogP contribution is -2.02. The third-order valence-corrected chi connectivity index (χ3v) is 2.30. The van der Waals surface area contributed by atoms with Crippen LogP contribution in [0.5, 0.6) is 5.75 Å². The van der Waals surface area contributed by atoms with Crippen molar-refractivity contribution in [2.75, 3.05) is 6.61 Å². The Hall–Kier alpha value is -0.980. The Bertz CT molecular complexity index is 278. The molecule has 0 heterocycles.